The van der Waals surface area contributed by atoms with Crippen molar-refractivity contribution in [2.75, 3.05) is 20.8 Å². The van der Waals surface area contributed by atoms with Crippen molar-refractivity contribution in [2.45, 2.75) is 26.8 Å². The van der Waals surface area contributed by atoms with E-state index >= 15 is 0 Å². The van der Waals surface area contributed by atoms with Crippen molar-refractivity contribution in [1.82, 2.24) is 10.6 Å². The highest BCUT2D eigenvalue weighted by atomic mass is 16.5. The molecule has 0 saturated heterocycles. The third-order valence-corrected chi connectivity index (χ3v) is 3.11. The van der Waals surface area contributed by atoms with Crippen molar-refractivity contribution >= 4 is 11.8 Å². The number of nitrogens with one attached hydrogen (secondary N) is 2. The van der Waals surface area contributed by atoms with Crippen LogP contribution in [0.15, 0.2) is 18.2 Å². The van der Waals surface area contributed by atoms with Crippen molar-refractivity contribution in [3.05, 3.63) is 23.8 Å². The summed E-state index contributed by atoms with van der Waals surface area (Å²) in [5, 5.41) is 5.17. The number of rotatable bonds is 7. The van der Waals surface area contributed by atoms with Gasteiger partial charge in [-0.15, -0.1) is 0 Å². The van der Waals surface area contributed by atoms with Crippen LogP contribution in [0.1, 0.15) is 25.8 Å². The minimum Gasteiger partial charge on any atom is -0.493 e. The molecule has 0 atom stereocenters. The molecule has 0 aliphatic carbocycles. The molecular weight excluding hydrogens is 284 g/mol. The van der Waals surface area contributed by atoms with Gasteiger partial charge in [-0.2, -0.15) is 0 Å². The van der Waals surface area contributed by atoms with E-state index in [1.165, 1.54) is 0 Å². The fourth-order valence-corrected chi connectivity index (χ4v) is 1.81. The van der Waals surface area contributed by atoms with E-state index in [9.17, 15) is 9.59 Å². The molecule has 0 saturated carbocycles. The predicted octanol–water partition coefficient (Wildman–Crippen LogP) is 1.48. The van der Waals surface area contributed by atoms with E-state index in [0.29, 0.717) is 24.0 Å². The summed E-state index contributed by atoms with van der Waals surface area (Å²) in [6.07, 6.45) is 0.842. The van der Waals surface area contributed by atoms with Crippen LogP contribution < -0.4 is 20.1 Å². The number of ether oxygens (including phenoxy) is 2. The van der Waals surface area contributed by atoms with Crippen molar-refractivity contribution < 1.29 is 19.1 Å². The van der Waals surface area contributed by atoms with E-state index in [-0.39, 0.29) is 6.54 Å². The average molecular weight is 308 g/mol. The van der Waals surface area contributed by atoms with E-state index in [1.807, 2.05) is 0 Å². The molecule has 0 radical (unpaired) electrons. The monoisotopic (exact) mass is 308 g/mol. The average Bonchev–Trinajstić information content (AvgIpc) is 2.51. The number of hydrogen-bond acceptors (Lipinski definition) is 4. The first kappa shape index (κ1) is 17.8. The molecule has 0 aliphatic heterocycles. The van der Waals surface area contributed by atoms with Gasteiger partial charge in [0.1, 0.15) is 0 Å². The molecule has 22 heavy (non-hydrogen) atoms. The molecule has 0 spiro atoms. The van der Waals surface area contributed by atoms with Crippen LogP contribution in [-0.2, 0) is 16.1 Å². The fourth-order valence-electron chi connectivity index (χ4n) is 1.81. The second kappa shape index (κ2) is 8.92. The molecule has 0 heterocycles. The van der Waals surface area contributed by atoms with Gasteiger partial charge in [-0.05, 0) is 30.0 Å². The molecule has 1 aromatic rings. The summed E-state index contributed by atoms with van der Waals surface area (Å²) >= 11 is 0. The van der Waals surface area contributed by atoms with Gasteiger partial charge in [0.15, 0.2) is 11.5 Å². The third-order valence-electron chi connectivity index (χ3n) is 3.11. The molecule has 0 aromatic heterocycles. The summed E-state index contributed by atoms with van der Waals surface area (Å²) in [4.78, 5) is 23.3. The minimum atomic E-state index is -0.640. The molecule has 122 valence electrons. The van der Waals surface area contributed by atoms with Gasteiger partial charge in [-0.1, -0.05) is 19.9 Å². The van der Waals surface area contributed by atoms with Crippen LogP contribution in [0.25, 0.3) is 0 Å². The van der Waals surface area contributed by atoms with Crippen molar-refractivity contribution in [2.24, 2.45) is 5.92 Å². The Morgan fingerprint density at radius 3 is 2.27 bits per heavy atom. The van der Waals surface area contributed by atoms with Crippen LogP contribution in [0.3, 0.4) is 0 Å². The van der Waals surface area contributed by atoms with Crippen LogP contribution in [-0.4, -0.2) is 32.6 Å². The summed E-state index contributed by atoms with van der Waals surface area (Å²) in [5.74, 6) is 0.425. The van der Waals surface area contributed by atoms with Gasteiger partial charge in [0.25, 0.3) is 0 Å². The Morgan fingerprint density at radius 1 is 1.05 bits per heavy atom. The van der Waals surface area contributed by atoms with Gasteiger partial charge >= 0.3 is 11.8 Å². The third kappa shape index (κ3) is 5.63. The highest BCUT2D eigenvalue weighted by Gasteiger charge is 2.13. The molecule has 6 nitrogen and oxygen atoms in total. The normalized spacial score (nSPS) is 10.2. The molecule has 0 unspecified atom stereocenters. The first-order valence-electron chi connectivity index (χ1n) is 7.24. The Hall–Kier alpha value is -2.24. The maximum Gasteiger partial charge on any atom is 0.309 e. The number of hydrogen-bond donors (Lipinski definition) is 2. The quantitative estimate of drug-likeness (QED) is 0.748. The van der Waals surface area contributed by atoms with Gasteiger partial charge in [-0.3, -0.25) is 9.59 Å². The van der Waals surface area contributed by atoms with E-state index < -0.39 is 11.8 Å². The predicted molar refractivity (Wildman–Crippen MR) is 83.9 cm³/mol. The summed E-state index contributed by atoms with van der Waals surface area (Å²) < 4.78 is 10.3. The summed E-state index contributed by atoms with van der Waals surface area (Å²) in [6.45, 7) is 4.86. The first-order valence-corrected chi connectivity index (χ1v) is 7.24. The molecule has 0 fully saturated rings. The van der Waals surface area contributed by atoms with E-state index in [1.54, 1.807) is 32.4 Å². The zero-order chi connectivity index (χ0) is 16.5. The maximum absolute atomic E-state index is 11.7. The maximum atomic E-state index is 11.7. The fraction of sp³-hybridized carbons (Fsp3) is 0.500. The summed E-state index contributed by atoms with van der Waals surface area (Å²) in [6, 6.07) is 5.32. The smallest absolute Gasteiger partial charge is 0.309 e. The summed E-state index contributed by atoms with van der Waals surface area (Å²) in [5.41, 5.74) is 0.820. The highest BCUT2D eigenvalue weighted by Crippen LogP contribution is 2.27. The van der Waals surface area contributed by atoms with Gasteiger partial charge in [-0.25, -0.2) is 0 Å². The van der Waals surface area contributed by atoms with Crippen molar-refractivity contribution in [3.63, 3.8) is 0 Å². The highest BCUT2D eigenvalue weighted by molar-refractivity contribution is 6.35. The minimum absolute atomic E-state index is 0.247. The molecule has 1 aromatic carbocycles. The van der Waals surface area contributed by atoms with Crippen LogP contribution in [0.4, 0.5) is 0 Å². The van der Waals surface area contributed by atoms with E-state index in [4.69, 9.17) is 9.47 Å². The Bertz CT molecular complexity index is 515. The lowest BCUT2D eigenvalue weighted by molar-refractivity contribution is -0.139. The van der Waals surface area contributed by atoms with Crippen LogP contribution in [0.5, 0.6) is 11.5 Å². The van der Waals surface area contributed by atoms with E-state index in [2.05, 4.69) is 24.5 Å². The van der Waals surface area contributed by atoms with Crippen LogP contribution >= 0.6 is 0 Å². The molecule has 2 amide bonds. The number of amides is 2. The number of methoxy groups -OCH3 is 2. The Kier molecular flexibility index (Phi) is 7.22. The number of carbonyl (C=O) groups excluding carboxylic acids is 2. The molecule has 1 rings (SSSR count). The largest absolute Gasteiger partial charge is 0.493 e. The zero-order valence-electron chi connectivity index (χ0n) is 13.6. The second-order valence-electron chi connectivity index (χ2n) is 5.31. The Morgan fingerprint density at radius 2 is 1.68 bits per heavy atom. The van der Waals surface area contributed by atoms with E-state index in [0.717, 1.165) is 12.0 Å². The Balaban J connectivity index is 2.48. The molecule has 0 bridgehead atoms. The lowest BCUT2D eigenvalue weighted by Gasteiger charge is -2.10. The van der Waals surface area contributed by atoms with Gasteiger partial charge < -0.3 is 20.1 Å². The topological polar surface area (TPSA) is 76.7 Å². The lowest BCUT2D eigenvalue weighted by Crippen LogP contribution is -2.40. The van der Waals surface area contributed by atoms with Gasteiger partial charge in [0, 0.05) is 13.1 Å². The zero-order valence-corrected chi connectivity index (χ0v) is 13.6. The molecule has 2 N–H and O–H groups in total. The lowest BCUT2D eigenvalue weighted by atomic mass is 10.1. The summed E-state index contributed by atoms with van der Waals surface area (Å²) in [7, 11) is 3.10. The van der Waals surface area contributed by atoms with Crippen LogP contribution in [0, 0.1) is 5.92 Å². The molecular formula is C16H24N2O4. The molecule has 0 aliphatic rings. The molecule has 6 heteroatoms. The van der Waals surface area contributed by atoms with Gasteiger partial charge in [0.05, 0.1) is 14.2 Å². The first-order chi connectivity index (χ1) is 10.5. The standard InChI is InChI=1S/C16H24N2O4/c1-11(2)7-8-17-15(19)16(20)18-10-12-5-6-13(21-3)14(9-12)22-4/h5-6,9,11H,7-8,10H2,1-4H3,(H,17,19)(H,18,20). The van der Waals surface area contributed by atoms with Crippen molar-refractivity contribution in [3.8, 4) is 11.5 Å². The van der Waals surface area contributed by atoms with Gasteiger partial charge in [0.2, 0.25) is 0 Å². The second-order valence-corrected chi connectivity index (χ2v) is 5.31. The number of carbonyl (C=O) groups is 2. The SMILES string of the molecule is COc1ccc(CNC(=O)C(=O)NCCC(C)C)cc1OC. The van der Waals surface area contributed by atoms with Crippen molar-refractivity contribution in [1.29, 1.82) is 0 Å². The Labute approximate surface area is 131 Å². The number of benzene rings is 1. The van der Waals surface area contributed by atoms with Crippen LogP contribution in [0.2, 0.25) is 0 Å².